The summed E-state index contributed by atoms with van der Waals surface area (Å²) >= 11 is 0. The summed E-state index contributed by atoms with van der Waals surface area (Å²) in [5.74, 6) is -1.16. The Morgan fingerprint density at radius 3 is 2.35 bits per heavy atom. The predicted octanol–water partition coefficient (Wildman–Crippen LogP) is 4.36. The SMILES string of the molecule is COc1ccc(CNc2ccc(C)cc2C(=O)C(F)(F)F)cc1. The third-order valence-electron chi connectivity index (χ3n) is 3.32. The van der Waals surface area contributed by atoms with Crippen molar-refractivity contribution < 1.29 is 22.7 Å². The molecular weight excluding hydrogens is 307 g/mol. The van der Waals surface area contributed by atoms with Crippen LogP contribution in [0.5, 0.6) is 5.75 Å². The second-order valence-electron chi connectivity index (χ2n) is 5.08. The van der Waals surface area contributed by atoms with E-state index >= 15 is 0 Å². The van der Waals surface area contributed by atoms with Gasteiger partial charge in [0.2, 0.25) is 0 Å². The molecule has 2 aromatic rings. The average molecular weight is 323 g/mol. The summed E-state index contributed by atoms with van der Waals surface area (Å²) in [5, 5.41) is 2.89. The number of benzene rings is 2. The Morgan fingerprint density at radius 2 is 1.78 bits per heavy atom. The van der Waals surface area contributed by atoms with Crippen molar-refractivity contribution >= 4 is 11.5 Å². The zero-order valence-electron chi connectivity index (χ0n) is 12.7. The van der Waals surface area contributed by atoms with Gasteiger partial charge >= 0.3 is 6.18 Å². The Morgan fingerprint density at radius 1 is 1.13 bits per heavy atom. The van der Waals surface area contributed by atoms with Gasteiger partial charge in [-0.25, -0.2) is 0 Å². The monoisotopic (exact) mass is 323 g/mol. The van der Waals surface area contributed by atoms with Crippen LogP contribution in [0.25, 0.3) is 0 Å². The van der Waals surface area contributed by atoms with Crippen molar-refractivity contribution in [2.75, 3.05) is 12.4 Å². The van der Waals surface area contributed by atoms with Crippen molar-refractivity contribution in [3.8, 4) is 5.75 Å². The molecule has 0 amide bonds. The third kappa shape index (κ3) is 4.25. The number of carbonyl (C=O) groups is 1. The number of hydrogen-bond acceptors (Lipinski definition) is 3. The van der Waals surface area contributed by atoms with Gasteiger partial charge in [0.05, 0.1) is 12.7 Å². The summed E-state index contributed by atoms with van der Waals surface area (Å²) in [5.41, 5.74) is 1.24. The lowest BCUT2D eigenvalue weighted by Gasteiger charge is -2.14. The highest BCUT2D eigenvalue weighted by atomic mass is 19.4. The van der Waals surface area contributed by atoms with E-state index in [1.54, 1.807) is 44.4 Å². The quantitative estimate of drug-likeness (QED) is 0.831. The lowest BCUT2D eigenvalue weighted by Crippen LogP contribution is -2.24. The summed E-state index contributed by atoms with van der Waals surface area (Å²) < 4.78 is 43.1. The van der Waals surface area contributed by atoms with Crippen LogP contribution in [0.3, 0.4) is 0 Å². The number of ketones is 1. The molecule has 0 spiro atoms. The van der Waals surface area contributed by atoms with E-state index < -0.39 is 12.0 Å². The van der Waals surface area contributed by atoms with Gasteiger partial charge in [0.1, 0.15) is 5.75 Å². The average Bonchev–Trinajstić information content (AvgIpc) is 2.52. The molecule has 2 aromatic carbocycles. The van der Waals surface area contributed by atoms with Crippen molar-refractivity contribution in [1.29, 1.82) is 0 Å². The van der Waals surface area contributed by atoms with Crippen LogP contribution < -0.4 is 10.1 Å². The predicted molar refractivity (Wildman–Crippen MR) is 81.9 cm³/mol. The maximum atomic E-state index is 12.7. The molecule has 0 fully saturated rings. The van der Waals surface area contributed by atoms with Crippen molar-refractivity contribution in [3.05, 3.63) is 59.2 Å². The van der Waals surface area contributed by atoms with Crippen LogP contribution in [0.4, 0.5) is 18.9 Å². The summed E-state index contributed by atoms with van der Waals surface area (Å²) in [7, 11) is 1.55. The van der Waals surface area contributed by atoms with E-state index in [1.807, 2.05) is 0 Å². The van der Waals surface area contributed by atoms with E-state index in [2.05, 4.69) is 5.32 Å². The van der Waals surface area contributed by atoms with Gasteiger partial charge in [0.25, 0.3) is 5.78 Å². The molecule has 0 bridgehead atoms. The lowest BCUT2D eigenvalue weighted by molar-refractivity contribution is -0.0884. The number of anilines is 1. The van der Waals surface area contributed by atoms with E-state index in [0.717, 1.165) is 5.56 Å². The summed E-state index contributed by atoms with van der Waals surface area (Å²) in [6, 6.07) is 11.5. The van der Waals surface area contributed by atoms with Crippen molar-refractivity contribution in [1.82, 2.24) is 0 Å². The number of Topliss-reactive ketones (excluding diaryl/α,β-unsaturated/α-hetero) is 1. The Balaban J connectivity index is 2.20. The number of hydrogen-bond donors (Lipinski definition) is 1. The van der Waals surface area contributed by atoms with Gasteiger partial charge in [0.15, 0.2) is 0 Å². The van der Waals surface area contributed by atoms with E-state index in [0.29, 0.717) is 17.9 Å². The second kappa shape index (κ2) is 6.73. The number of carbonyl (C=O) groups excluding carboxylic acids is 1. The van der Waals surface area contributed by atoms with Crippen LogP contribution in [-0.4, -0.2) is 19.1 Å². The van der Waals surface area contributed by atoms with Crippen LogP contribution in [0.1, 0.15) is 21.5 Å². The number of aryl methyl sites for hydroxylation is 1. The molecule has 0 aromatic heterocycles. The first-order chi connectivity index (χ1) is 10.8. The fraction of sp³-hybridized carbons (Fsp3) is 0.235. The Labute approximate surface area is 132 Å². The first kappa shape index (κ1) is 16.9. The Hall–Kier alpha value is -2.50. The van der Waals surface area contributed by atoms with Crippen molar-refractivity contribution in [2.45, 2.75) is 19.6 Å². The third-order valence-corrected chi connectivity index (χ3v) is 3.32. The fourth-order valence-corrected chi connectivity index (χ4v) is 2.09. The molecule has 0 aliphatic rings. The zero-order chi connectivity index (χ0) is 17.0. The van der Waals surface area contributed by atoms with Crippen molar-refractivity contribution in [3.63, 3.8) is 0 Å². The molecule has 1 N–H and O–H groups in total. The highest BCUT2D eigenvalue weighted by Gasteiger charge is 2.40. The minimum atomic E-state index is -4.90. The molecule has 0 atom stereocenters. The number of methoxy groups -OCH3 is 1. The molecule has 0 unspecified atom stereocenters. The van der Waals surface area contributed by atoms with Crippen LogP contribution >= 0.6 is 0 Å². The van der Waals surface area contributed by atoms with Gasteiger partial charge in [0, 0.05) is 12.2 Å². The minimum Gasteiger partial charge on any atom is -0.497 e. The molecule has 0 saturated heterocycles. The van der Waals surface area contributed by atoms with Crippen LogP contribution in [0.2, 0.25) is 0 Å². The molecule has 122 valence electrons. The van der Waals surface area contributed by atoms with Gasteiger partial charge in [-0.05, 0) is 36.8 Å². The summed E-state index contributed by atoms with van der Waals surface area (Å²) in [4.78, 5) is 11.6. The molecule has 0 saturated carbocycles. The molecule has 2 rings (SSSR count). The first-order valence-electron chi connectivity index (χ1n) is 6.90. The number of alkyl halides is 3. The summed E-state index contributed by atoms with van der Waals surface area (Å²) in [6.07, 6.45) is -4.90. The number of halogens is 3. The van der Waals surface area contributed by atoms with Crippen LogP contribution in [0.15, 0.2) is 42.5 Å². The standard InChI is InChI=1S/C17H16F3NO2/c1-11-3-8-15(14(9-11)16(22)17(18,19)20)21-10-12-4-6-13(23-2)7-5-12/h3-9,21H,10H2,1-2H3. The normalized spacial score (nSPS) is 11.2. The molecule has 3 nitrogen and oxygen atoms in total. The van der Waals surface area contributed by atoms with Gasteiger partial charge < -0.3 is 10.1 Å². The topological polar surface area (TPSA) is 38.3 Å². The smallest absolute Gasteiger partial charge is 0.454 e. The number of ether oxygens (including phenoxy) is 1. The van der Waals surface area contributed by atoms with E-state index in [1.165, 1.54) is 12.1 Å². The van der Waals surface area contributed by atoms with E-state index in [-0.39, 0.29) is 11.3 Å². The molecule has 23 heavy (non-hydrogen) atoms. The number of rotatable bonds is 5. The second-order valence-corrected chi connectivity index (χ2v) is 5.08. The van der Waals surface area contributed by atoms with Crippen LogP contribution in [-0.2, 0) is 6.54 Å². The highest BCUT2D eigenvalue weighted by molar-refractivity contribution is 6.04. The first-order valence-corrected chi connectivity index (χ1v) is 6.90. The molecule has 0 heterocycles. The Kier molecular flexibility index (Phi) is 4.93. The van der Waals surface area contributed by atoms with Gasteiger partial charge in [-0.2, -0.15) is 13.2 Å². The van der Waals surface area contributed by atoms with Gasteiger partial charge in [-0.3, -0.25) is 4.79 Å². The molecular formula is C17H16F3NO2. The minimum absolute atomic E-state index is 0.161. The Bertz CT molecular complexity index is 694. The summed E-state index contributed by atoms with van der Waals surface area (Å²) in [6.45, 7) is 1.94. The maximum absolute atomic E-state index is 12.7. The molecule has 0 aliphatic heterocycles. The maximum Gasteiger partial charge on any atom is 0.454 e. The lowest BCUT2D eigenvalue weighted by atomic mass is 10.0. The molecule has 0 radical (unpaired) electrons. The fourth-order valence-electron chi connectivity index (χ4n) is 2.09. The number of nitrogens with one attached hydrogen (secondary N) is 1. The van der Waals surface area contributed by atoms with E-state index in [4.69, 9.17) is 4.74 Å². The van der Waals surface area contributed by atoms with Gasteiger partial charge in [-0.1, -0.05) is 23.8 Å². The molecule has 0 aliphatic carbocycles. The van der Waals surface area contributed by atoms with E-state index in [9.17, 15) is 18.0 Å². The van der Waals surface area contributed by atoms with Crippen LogP contribution in [0, 0.1) is 6.92 Å². The van der Waals surface area contributed by atoms with Gasteiger partial charge in [-0.15, -0.1) is 0 Å². The van der Waals surface area contributed by atoms with Crippen molar-refractivity contribution in [2.24, 2.45) is 0 Å². The zero-order valence-corrected chi connectivity index (χ0v) is 12.7. The largest absolute Gasteiger partial charge is 0.497 e. The molecule has 6 heteroatoms. The highest BCUT2D eigenvalue weighted by Crippen LogP contribution is 2.27.